The van der Waals surface area contributed by atoms with Gasteiger partial charge in [-0.05, 0) is 30.2 Å². The lowest BCUT2D eigenvalue weighted by atomic mass is 10.1. The number of benzene rings is 1. The van der Waals surface area contributed by atoms with Crippen LogP contribution in [0.15, 0.2) is 48.8 Å². The fourth-order valence-corrected chi connectivity index (χ4v) is 2.05. The summed E-state index contributed by atoms with van der Waals surface area (Å²) in [6, 6.07) is 12.2. The Morgan fingerprint density at radius 1 is 1.16 bits per heavy atom. The highest BCUT2D eigenvalue weighted by molar-refractivity contribution is 5.81. The summed E-state index contributed by atoms with van der Waals surface area (Å²) in [4.78, 5) is 4.43. The van der Waals surface area contributed by atoms with Crippen LogP contribution in [0.3, 0.4) is 0 Å². The van der Waals surface area contributed by atoms with Crippen LogP contribution in [-0.4, -0.2) is 15.2 Å². The number of pyridine rings is 1. The van der Waals surface area contributed by atoms with E-state index in [2.05, 4.69) is 38.7 Å². The fourth-order valence-electron chi connectivity index (χ4n) is 2.05. The molecule has 0 spiro atoms. The molecule has 0 aliphatic heterocycles. The van der Waals surface area contributed by atoms with E-state index < -0.39 is 0 Å². The Labute approximate surface area is 111 Å². The molecule has 3 aromatic rings. The lowest BCUT2D eigenvalue weighted by molar-refractivity contribution is 0.989. The van der Waals surface area contributed by atoms with Crippen molar-refractivity contribution in [1.29, 1.82) is 0 Å². The van der Waals surface area contributed by atoms with Gasteiger partial charge in [0.2, 0.25) is 0 Å². The summed E-state index contributed by atoms with van der Waals surface area (Å²) in [5, 5.41) is 12.4. The molecule has 0 saturated heterocycles. The highest BCUT2D eigenvalue weighted by Crippen LogP contribution is 2.17. The highest BCUT2D eigenvalue weighted by atomic mass is 15.2. The average molecular weight is 250 g/mol. The Morgan fingerprint density at radius 3 is 2.95 bits per heavy atom. The minimum Gasteiger partial charge on any atom is -0.364 e. The number of para-hydroxylation sites is 1. The van der Waals surface area contributed by atoms with E-state index in [1.807, 2.05) is 31.3 Å². The third-order valence-electron chi connectivity index (χ3n) is 2.97. The smallest absolute Gasteiger partial charge is 0.149 e. The second-order valence-corrected chi connectivity index (χ2v) is 4.46. The second kappa shape index (κ2) is 5.02. The third kappa shape index (κ3) is 2.52. The van der Waals surface area contributed by atoms with Crippen molar-refractivity contribution in [3.63, 3.8) is 0 Å². The summed E-state index contributed by atoms with van der Waals surface area (Å²) >= 11 is 0. The van der Waals surface area contributed by atoms with Crippen molar-refractivity contribution in [1.82, 2.24) is 15.2 Å². The Kier molecular flexibility index (Phi) is 3.06. The molecule has 0 saturated carbocycles. The first-order valence-corrected chi connectivity index (χ1v) is 6.19. The zero-order valence-electron chi connectivity index (χ0n) is 10.7. The van der Waals surface area contributed by atoms with Crippen LogP contribution in [0.2, 0.25) is 0 Å². The molecule has 2 heterocycles. The molecule has 0 aliphatic rings. The molecule has 0 aliphatic carbocycles. The summed E-state index contributed by atoms with van der Waals surface area (Å²) in [7, 11) is 0. The molecule has 0 unspecified atom stereocenters. The number of rotatable bonds is 3. The maximum atomic E-state index is 4.43. The molecule has 94 valence electrons. The number of aryl methyl sites for hydroxylation is 1. The van der Waals surface area contributed by atoms with E-state index in [9.17, 15) is 0 Å². The molecule has 0 bridgehead atoms. The molecule has 0 radical (unpaired) electrons. The molecule has 19 heavy (non-hydrogen) atoms. The molecule has 4 heteroatoms. The van der Waals surface area contributed by atoms with Gasteiger partial charge in [-0.3, -0.25) is 4.98 Å². The zero-order chi connectivity index (χ0) is 13.1. The van der Waals surface area contributed by atoms with E-state index in [-0.39, 0.29) is 0 Å². The maximum absolute atomic E-state index is 4.43. The number of aromatic nitrogens is 3. The largest absolute Gasteiger partial charge is 0.364 e. The first-order chi connectivity index (χ1) is 9.33. The number of nitrogens with one attached hydrogen (secondary N) is 1. The van der Waals surface area contributed by atoms with Gasteiger partial charge in [0, 0.05) is 18.1 Å². The van der Waals surface area contributed by atoms with Crippen LogP contribution >= 0.6 is 0 Å². The van der Waals surface area contributed by atoms with Crippen LogP contribution in [0, 0.1) is 6.92 Å². The predicted molar refractivity (Wildman–Crippen MR) is 75.8 cm³/mol. The molecule has 1 aromatic carbocycles. The predicted octanol–water partition coefficient (Wildman–Crippen LogP) is 2.95. The van der Waals surface area contributed by atoms with E-state index in [1.165, 1.54) is 0 Å². The van der Waals surface area contributed by atoms with Gasteiger partial charge in [0.05, 0.1) is 11.7 Å². The van der Waals surface area contributed by atoms with Crippen LogP contribution in [0.5, 0.6) is 0 Å². The van der Waals surface area contributed by atoms with E-state index in [4.69, 9.17) is 0 Å². The molecular weight excluding hydrogens is 236 g/mol. The van der Waals surface area contributed by atoms with Gasteiger partial charge < -0.3 is 5.32 Å². The lowest BCUT2D eigenvalue weighted by Crippen LogP contribution is -2.03. The van der Waals surface area contributed by atoms with Gasteiger partial charge >= 0.3 is 0 Å². The first-order valence-electron chi connectivity index (χ1n) is 6.19. The molecule has 3 rings (SSSR count). The van der Waals surface area contributed by atoms with Crippen molar-refractivity contribution in [2.45, 2.75) is 13.5 Å². The van der Waals surface area contributed by atoms with E-state index in [1.54, 1.807) is 6.20 Å². The molecule has 0 fully saturated rings. The second-order valence-electron chi connectivity index (χ2n) is 4.46. The maximum Gasteiger partial charge on any atom is 0.149 e. The van der Waals surface area contributed by atoms with Crippen LogP contribution in [-0.2, 0) is 6.54 Å². The van der Waals surface area contributed by atoms with Crippen LogP contribution in [0.25, 0.3) is 10.9 Å². The number of nitrogens with zero attached hydrogens (tertiary/aromatic N) is 3. The molecule has 4 nitrogen and oxygen atoms in total. The minimum atomic E-state index is 0.687. The van der Waals surface area contributed by atoms with Gasteiger partial charge in [0.25, 0.3) is 0 Å². The summed E-state index contributed by atoms with van der Waals surface area (Å²) in [5.74, 6) is 0.785. The Balaban J connectivity index is 1.86. The standard InChI is InChI=1S/C15H14N4/c1-11-8-14(19-18-9-11)17-10-13-5-2-4-12-6-3-7-16-15(12)13/h2-9H,10H2,1H3,(H,17,19). The monoisotopic (exact) mass is 250 g/mol. The Hall–Kier alpha value is -2.49. The van der Waals surface area contributed by atoms with Gasteiger partial charge in [-0.15, -0.1) is 5.10 Å². The van der Waals surface area contributed by atoms with Gasteiger partial charge in [0.15, 0.2) is 0 Å². The van der Waals surface area contributed by atoms with E-state index >= 15 is 0 Å². The van der Waals surface area contributed by atoms with Crippen molar-refractivity contribution in [3.8, 4) is 0 Å². The van der Waals surface area contributed by atoms with Gasteiger partial charge in [-0.25, -0.2) is 0 Å². The molecule has 0 amide bonds. The van der Waals surface area contributed by atoms with Crippen LogP contribution in [0.4, 0.5) is 5.82 Å². The average Bonchev–Trinajstić information content (AvgIpc) is 2.45. The van der Waals surface area contributed by atoms with Crippen molar-refractivity contribution in [2.24, 2.45) is 0 Å². The number of hydrogen-bond acceptors (Lipinski definition) is 4. The third-order valence-corrected chi connectivity index (χ3v) is 2.97. The lowest BCUT2D eigenvalue weighted by Gasteiger charge is -2.07. The highest BCUT2D eigenvalue weighted by Gasteiger charge is 2.02. The van der Waals surface area contributed by atoms with E-state index in [0.29, 0.717) is 6.54 Å². The Bertz CT molecular complexity index is 704. The summed E-state index contributed by atoms with van der Waals surface area (Å²) < 4.78 is 0. The van der Waals surface area contributed by atoms with Crippen molar-refractivity contribution < 1.29 is 0 Å². The number of anilines is 1. The van der Waals surface area contributed by atoms with Crippen molar-refractivity contribution in [2.75, 3.05) is 5.32 Å². The fraction of sp³-hybridized carbons (Fsp3) is 0.133. The normalized spacial score (nSPS) is 10.6. The molecule has 2 aromatic heterocycles. The quantitative estimate of drug-likeness (QED) is 0.776. The van der Waals surface area contributed by atoms with Gasteiger partial charge in [0.1, 0.15) is 5.82 Å². The zero-order valence-corrected chi connectivity index (χ0v) is 10.7. The van der Waals surface area contributed by atoms with Gasteiger partial charge in [-0.2, -0.15) is 5.10 Å². The Morgan fingerprint density at radius 2 is 2.05 bits per heavy atom. The van der Waals surface area contributed by atoms with Crippen LogP contribution < -0.4 is 5.32 Å². The molecule has 0 atom stereocenters. The SMILES string of the molecule is Cc1cnnc(NCc2cccc3cccnc23)c1. The summed E-state index contributed by atoms with van der Waals surface area (Å²) in [5.41, 5.74) is 3.27. The first kappa shape index (κ1) is 11.6. The topological polar surface area (TPSA) is 50.7 Å². The van der Waals surface area contributed by atoms with Crippen molar-refractivity contribution in [3.05, 3.63) is 59.9 Å². The summed E-state index contributed by atoms with van der Waals surface area (Å²) in [6.45, 7) is 2.69. The summed E-state index contributed by atoms with van der Waals surface area (Å²) in [6.07, 6.45) is 3.56. The number of hydrogen-bond donors (Lipinski definition) is 1. The molecule has 1 N–H and O–H groups in total. The molecular formula is C15H14N4. The van der Waals surface area contributed by atoms with Gasteiger partial charge in [-0.1, -0.05) is 24.3 Å². The minimum absolute atomic E-state index is 0.687. The number of fused-ring (bicyclic) bond motifs is 1. The van der Waals surface area contributed by atoms with E-state index in [0.717, 1.165) is 27.8 Å². The van der Waals surface area contributed by atoms with Crippen LogP contribution in [0.1, 0.15) is 11.1 Å². The van der Waals surface area contributed by atoms with Crippen molar-refractivity contribution >= 4 is 16.7 Å².